The van der Waals surface area contributed by atoms with Crippen LogP contribution in [0.25, 0.3) is 0 Å². The van der Waals surface area contributed by atoms with E-state index in [1.54, 1.807) is 6.92 Å². The second kappa shape index (κ2) is 9.43. The maximum atomic E-state index is 10.8. The van der Waals surface area contributed by atoms with Crippen LogP contribution < -0.4 is 10.6 Å². The minimum atomic E-state index is -1.06. The standard InChI is InChI=1S/C21H31N3O2/c1-5-22-20(23-13-9-12-18-10-7-6-8-11-18)24-15-21(4,25)19-14-16(2)26-17(19)3/h6-8,10-11,14,25H,5,9,12-13,15H2,1-4H3,(H2,22,23,24). The van der Waals surface area contributed by atoms with Crippen LogP contribution in [0, 0.1) is 13.8 Å². The average Bonchev–Trinajstić information content (AvgIpc) is 2.96. The van der Waals surface area contributed by atoms with Gasteiger partial charge in [-0.1, -0.05) is 30.3 Å². The molecule has 0 aliphatic rings. The molecule has 0 radical (unpaired) electrons. The Bertz CT molecular complexity index is 705. The summed E-state index contributed by atoms with van der Waals surface area (Å²) in [7, 11) is 0. The van der Waals surface area contributed by atoms with Crippen molar-refractivity contribution in [1.29, 1.82) is 0 Å². The summed E-state index contributed by atoms with van der Waals surface area (Å²) in [5.74, 6) is 2.26. The Balaban J connectivity index is 1.90. The Kier molecular flexibility index (Phi) is 7.27. The highest BCUT2D eigenvalue weighted by molar-refractivity contribution is 5.79. The second-order valence-electron chi connectivity index (χ2n) is 6.81. The summed E-state index contributed by atoms with van der Waals surface area (Å²) >= 11 is 0. The highest BCUT2D eigenvalue weighted by Crippen LogP contribution is 2.27. The van der Waals surface area contributed by atoms with Crippen molar-refractivity contribution in [2.24, 2.45) is 4.99 Å². The van der Waals surface area contributed by atoms with Crippen LogP contribution in [0.3, 0.4) is 0 Å². The molecule has 0 fully saturated rings. The van der Waals surface area contributed by atoms with Crippen molar-refractivity contribution in [3.05, 3.63) is 59.0 Å². The highest BCUT2D eigenvalue weighted by Gasteiger charge is 2.27. The van der Waals surface area contributed by atoms with Crippen LogP contribution >= 0.6 is 0 Å². The number of guanidine groups is 1. The molecule has 1 heterocycles. The van der Waals surface area contributed by atoms with Crippen molar-refractivity contribution in [2.45, 2.75) is 46.1 Å². The Morgan fingerprint density at radius 1 is 1.19 bits per heavy atom. The van der Waals surface area contributed by atoms with Gasteiger partial charge in [0.05, 0.1) is 6.54 Å². The molecule has 5 heteroatoms. The number of aliphatic hydroxyl groups is 1. The summed E-state index contributed by atoms with van der Waals surface area (Å²) in [4.78, 5) is 4.56. The summed E-state index contributed by atoms with van der Waals surface area (Å²) in [5.41, 5.74) is 1.07. The van der Waals surface area contributed by atoms with E-state index in [2.05, 4.69) is 39.9 Å². The first-order chi connectivity index (χ1) is 12.4. The summed E-state index contributed by atoms with van der Waals surface area (Å²) in [6, 6.07) is 12.3. The van der Waals surface area contributed by atoms with Gasteiger partial charge in [-0.2, -0.15) is 0 Å². The Morgan fingerprint density at radius 2 is 1.92 bits per heavy atom. The van der Waals surface area contributed by atoms with E-state index in [-0.39, 0.29) is 6.54 Å². The van der Waals surface area contributed by atoms with E-state index in [0.29, 0.717) is 0 Å². The van der Waals surface area contributed by atoms with Gasteiger partial charge >= 0.3 is 0 Å². The van der Waals surface area contributed by atoms with Gasteiger partial charge in [0, 0.05) is 18.7 Å². The van der Waals surface area contributed by atoms with Gasteiger partial charge in [0.25, 0.3) is 0 Å². The molecular weight excluding hydrogens is 326 g/mol. The van der Waals surface area contributed by atoms with Crippen molar-refractivity contribution < 1.29 is 9.52 Å². The molecule has 1 atom stereocenters. The van der Waals surface area contributed by atoms with Gasteiger partial charge in [0.1, 0.15) is 17.1 Å². The third-order valence-electron chi connectivity index (χ3n) is 4.29. The summed E-state index contributed by atoms with van der Waals surface area (Å²) in [6.45, 7) is 9.42. The van der Waals surface area contributed by atoms with Gasteiger partial charge in [-0.3, -0.25) is 0 Å². The molecule has 142 valence electrons. The molecule has 0 saturated carbocycles. The van der Waals surface area contributed by atoms with Crippen LogP contribution in [-0.4, -0.2) is 30.7 Å². The van der Waals surface area contributed by atoms with Crippen LogP contribution in [0.5, 0.6) is 0 Å². The third kappa shape index (κ3) is 5.92. The van der Waals surface area contributed by atoms with Crippen molar-refractivity contribution in [2.75, 3.05) is 19.6 Å². The molecule has 2 aromatic rings. The molecule has 1 aromatic carbocycles. The third-order valence-corrected chi connectivity index (χ3v) is 4.29. The summed E-state index contributed by atoms with van der Waals surface area (Å²) in [5, 5.41) is 17.4. The Morgan fingerprint density at radius 3 is 2.54 bits per heavy atom. The lowest BCUT2D eigenvalue weighted by Crippen LogP contribution is -2.39. The van der Waals surface area contributed by atoms with Crippen molar-refractivity contribution in [1.82, 2.24) is 10.6 Å². The van der Waals surface area contributed by atoms with Crippen molar-refractivity contribution >= 4 is 5.96 Å². The van der Waals surface area contributed by atoms with Crippen LogP contribution in [0.4, 0.5) is 0 Å². The number of rotatable bonds is 8. The Labute approximate surface area is 156 Å². The first-order valence-corrected chi connectivity index (χ1v) is 9.28. The van der Waals surface area contributed by atoms with Crippen LogP contribution in [-0.2, 0) is 12.0 Å². The predicted molar refractivity (Wildman–Crippen MR) is 106 cm³/mol. The topological polar surface area (TPSA) is 69.8 Å². The molecule has 3 N–H and O–H groups in total. The smallest absolute Gasteiger partial charge is 0.191 e. The van der Waals surface area contributed by atoms with E-state index in [4.69, 9.17) is 4.42 Å². The van der Waals surface area contributed by atoms with E-state index in [1.165, 1.54) is 5.56 Å². The molecule has 26 heavy (non-hydrogen) atoms. The molecule has 1 unspecified atom stereocenters. The van der Waals surface area contributed by atoms with Crippen molar-refractivity contribution in [3.8, 4) is 0 Å². The van der Waals surface area contributed by atoms with Gasteiger partial charge in [-0.05, 0) is 52.2 Å². The fourth-order valence-corrected chi connectivity index (χ4v) is 2.97. The molecule has 2 rings (SSSR count). The zero-order valence-electron chi connectivity index (χ0n) is 16.3. The minimum absolute atomic E-state index is 0.265. The molecule has 0 spiro atoms. The van der Waals surface area contributed by atoms with Gasteiger partial charge in [-0.15, -0.1) is 0 Å². The highest BCUT2D eigenvalue weighted by atomic mass is 16.3. The number of hydrogen-bond donors (Lipinski definition) is 3. The number of hydrogen-bond acceptors (Lipinski definition) is 3. The van der Waals surface area contributed by atoms with Gasteiger partial charge in [0.15, 0.2) is 5.96 Å². The van der Waals surface area contributed by atoms with Gasteiger partial charge in [0.2, 0.25) is 0 Å². The SMILES string of the molecule is CCNC(=NCC(C)(O)c1cc(C)oc1C)NCCCc1ccccc1. The molecule has 0 bridgehead atoms. The number of furan rings is 1. The number of nitrogens with zero attached hydrogens (tertiary/aromatic N) is 1. The zero-order valence-corrected chi connectivity index (χ0v) is 16.3. The molecule has 0 aliphatic carbocycles. The van der Waals surface area contributed by atoms with E-state index >= 15 is 0 Å². The number of benzene rings is 1. The van der Waals surface area contributed by atoms with E-state index < -0.39 is 5.60 Å². The van der Waals surface area contributed by atoms with Crippen LogP contribution in [0.1, 0.15) is 42.9 Å². The molecule has 0 saturated heterocycles. The molecule has 0 amide bonds. The largest absolute Gasteiger partial charge is 0.466 e. The maximum absolute atomic E-state index is 10.8. The Hall–Kier alpha value is -2.27. The summed E-state index contributed by atoms with van der Waals surface area (Å²) < 4.78 is 5.54. The zero-order chi connectivity index (χ0) is 19.0. The fourth-order valence-electron chi connectivity index (χ4n) is 2.97. The van der Waals surface area contributed by atoms with Crippen LogP contribution in [0.15, 0.2) is 45.8 Å². The molecular formula is C21H31N3O2. The first kappa shape index (κ1) is 20.0. The average molecular weight is 357 g/mol. The lowest BCUT2D eigenvalue weighted by molar-refractivity contribution is 0.0657. The normalized spacial score (nSPS) is 14.1. The number of aliphatic imine (C=N–C) groups is 1. The number of aryl methyl sites for hydroxylation is 3. The lowest BCUT2D eigenvalue weighted by atomic mass is 9.96. The fraction of sp³-hybridized carbons (Fsp3) is 0.476. The maximum Gasteiger partial charge on any atom is 0.191 e. The molecule has 5 nitrogen and oxygen atoms in total. The van der Waals surface area contributed by atoms with E-state index in [0.717, 1.165) is 49.0 Å². The van der Waals surface area contributed by atoms with Gasteiger partial charge in [-0.25, -0.2) is 4.99 Å². The van der Waals surface area contributed by atoms with E-state index in [9.17, 15) is 5.11 Å². The lowest BCUT2D eigenvalue weighted by Gasteiger charge is -2.21. The molecule has 0 aliphatic heterocycles. The van der Waals surface area contributed by atoms with E-state index in [1.807, 2.05) is 32.9 Å². The summed E-state index contributed by atoms with van der Waals surface area (Å²) in [6.07, 6.45) is 2.04. The predicted octanol–water partition coefficient (Wildman–Crippen LogP) is 3.29. The number of nitrogens with one attached hydrogen (secondary N) is 2. The first-order valence-electron chi connectivity index (χ1n) is 9.28. The molecule has 1 aromatic heterocycles. The minimum Gasteiger partial charge on any atom is -0.466 e. The monoisotopic (exact) mass is 357 g/mol. The van der Waals surface area contributed by atoms with Crippen LogP contribution in [0.2, 0.25) is 0 Å². The second-order valence-corrected chi connectivity index (χ2v) is 6.81. The quantitative estimate of drug-likeness (QED) is 0.385. The van der Waals surface area contributed by atoms with Crippen molar-refractivity contribution in [3.63, 3.8) is 0 Å². The van der Waals surface area contributed by atoms with Gasteiger partial charge < -0.3 is 20.2 Å².